The first kappa shape index (κ1) is 7.12. The molecule has 0 aliphatic carbocycles. The monoisotopic (exact) mass is 142 g/mol. The van der Waals surface area contributed by atoms with Crippen molar-refractivity contribution in [2.75, 3.05) is 13.2 Å². The summed E-state index contributed by atoms with van der Waals surface area (Å²) in [6, 6.07) is 0. The van der Waals surface area contributed by atoms with E-state index in [0.717, 1.165) is 0 Å². The third-order valence-corrected chi connectivity index (χ3v) is 1.53. The Kier molecular flexibility index (Phi) is 1.66. The lowest BCUT2D eigenvalue weighted by Gasteiger charge is -2.28. The molecule has 0 spiro atoms. The van der Waals surface area contributed by atoms with Gasteiger partial charge in [0, 0.05) is 0 Å². The first-order valence-corrected chi connectivity index (χ1v) is 3.09. The van der Waals surface area contributed by atoms with Crippen molar-refractivity contribution in [1.29, 1.82) is 0 Å². The van der Waals surface area contributed by atoms with Crippen LogP contribution in [0.1, 0.15) is 6.92 Å². The molecule has 0 aromatic carbocycles. The zero-order valence-corrected chi connectivity index (χ0v) is 5.92. The van der Waals surface area contributed by atoms with Crippen LogP contribution in [0.2, 0.25) is 0 Å². The molecular weight excluding hydrogens is 132 g/mol. The van der Waals surface area contributed by atoms with E-state index in [0.29, 0.717) is 13.2 Å². The van der Waals surface area contributed by atoms with E-state index in [1.54, 1.807) is 6.08 Å². The molecule has 1 aliphatic heterocycles. The van der Waals surface area contributed by atoms with E-state index in [1.807, 2.05) is 6.92 Å². The van der Waals surface area contributed by atoms with Crippen molar-refractivity contribution in [2.24, 2.45) is 5.41 Å². The average molecular weight is 142 g/mol. The van der Waals surface area contributed by atoms with Crippen LogP contribution in [0.3, 0.4) is 0 Å². The maximum Gasteiger partial charge on any atom is 0.508 e. The van der Waals surface area contributed by atoms with Crippen molar-refractivity contribution >= 4 is 6.16 Å². The Labute approximate surface area is 59.6 Å². The summed E-state index contributed by atoms with van der Waals surface area (Å²) in [5.41, 5.74) is -0.200. The molecule has 1 fully saturated rings. The van der Waals surface area contributed by atoms with E-state index in [4.69, 9.17) is 0 Å². The van der Waals surface area contributed by atoms with Crippen molar-refractivity contribution in [3.63, 3.8) is 0 Å². The Bertz CT molecular complexity index is 152. The quantitative estimate of drug-likeness (QED) is 0.409. The molecule has 56 valence electrons. The predicted octanol–water partition coefficient (Wildman–Crippen LogP) is 1.35. The Morgan fingerprint density at radius 2 is 2.10 bits per heavy atom. The molecule has 10 heavy (non-hydrogen) atoms. The summed E-state index contributed by atoms with van der Waals surface area (Å²) in [5, 5.41) is 0. The van der Waals surface area contributed by atoms with Crippen LogP contribution < -0.4 is 0 Å². The van der Waals surface area contributed by atoms with Gasteiger partial charge < -0.3 is 9.47 Å². The molecule has 0 aromatic heterocycles. The van der Waals surface area contributed by atoms with Gasteiger partial charge in [0.1, 0.15) is 13.2 Å². The summed E-state index contributed by atoms with van der Waals surface area (Å²) in [5.74, 6) is 0. The summed E-state index contributed by atoms with van der Waals surface area (Å²) >= 11 is 0. The minimum Gasteiger partial charge on any atom is -0.433 e. The largest absolute Gasteiger partial charge is 0.508 e. The van der Waals surface area contributed by atoms with E-state index in [-0.39, 0.29) is 5.41 Å². The molecular formula is C7H10O3. The molecule has 0 radical (unpaired) electrons. The van der Waals surface area contributed by atoms with Crippen LogP contribution in [0.4, 0.5) is 4.79 Å². The highest BCUT2D eigenvalue weighted by Crippen LogP contribution is 2.22. The molecule has 1 saturated heterocycles. The fourth-order valence-electron chi connectivity index (χ4n) is 0.649. The minimum absolute atomic E-state index is 0.200. The summed E-state index contributed by atoms with van der Waals surface area (Å²) in [6.45, 7) is 6.27. The van der Waals surface area contributed by atoms with Crippen molar-refractivity contribution in [3.05, 3.63) is 12.7 Å². The van der Waals surface area contributed by atoms with Crippen LogP contribution in [0, 0.1) is 5.41 Å². The van der Waals surface area contributed by atoms with Gasteiger partial charge in [-0.3, -0.25) is 0 Å². The fourth-order valence-corrected chi connectivity index (χ4v) is 0.649. The van der Waals surface area contributed by atoms with Gasteiger partial charge >= 0.3 is 6.16 Å². The van der Waals surface area contributed by atoms with Gasteiger partial charge in [0.05, 0.1) is 5.41 Å². The van der Waals surface area contributed by atoms with Crippen LogP contribution in [0.25, 0.3) is 0 Å². The van der Waals surface area contributed by atoms with Crippen LogP contribution in [-0.2, 0) is 9.47 Å². The molecule has 0 amide bonds. The topological polar surface area (TPSA) is 35.5 Å². The second-order valence-electron chi connectivity index (χ2n) is 2.69. The predicted molar refractivity (Wildman–Crippen MR) is 35.6 cm³/mol. The molecule has 0 bridgehead atoms. The van der Waals surface area contributed by atoms with E-state index in [1.165, 1.54) is 0 Å². The summed E-state index contributed by atoms with van der Waals surface area (Å²) in [6.07, 6.45) is 1.15. The van der Waals surface area contributed by atoms with E-state index in [2.05, 4.69) is 16.1 Å². The second kappa shape index (κ2) is 2.33. The molecule has 0 aromatic rings. The molecule has 0 unspecified atom stereocenters. The second-order valence-corrected chi connectivity index (χ2v) is 2.69. The van der Waals surface area contributed by atoms with Gasteiger partial charge in [0.2, 0.25) is 0 Å². The third-order valence-electron chi connectivity index (χ3n) is 1.53. The number of carbonyl (C=O) groups is 1. The van der Waals surface area contributed by atoms with Gasteiger partial charge in [-0.05, 0) is 6.92 Å². The maximum atomic E-state index is 10.4. The molecule has 0 N–H and O–H groups in total. The van der Waals surface area contributed by atoms with Crippen molar-refractivity contribution < 1.29 is 14.3 Å². The summed E-state index contributed by atoms with van der Waals surface area (Å²) < 4.78 is 9.30. The van der Waals surface area contributed by atoms with E-state index in [9.17, 15) is 4.79 Å². The van der Waals surface area contributed by atoms with Crippen molar-refractivity contribution in [3.8, 4) is 0 Å². The standard InChI is InChI=1S/C7H10O3/c1-3-7(2)4-9-6(8)10-5-7/h3H,1,4-5H2,2H3. The molecule has 1 rings (SSSR count). The molecule has 1 heterocycles. The lowest BCUT2D eigenvalue weighted by molar-refractivity contribution is -0.0331. The van der Waals surface area contributed by atoms with Gasteiger partial charge in [-0.2, -0.15) is 0 Å². The smallest absolute Gasteiger partial charge is 0.433 e. The lowest BCUT2D eigenvalue weighted by atomic mass is 9.93. The number of cyclic esters (lactones) is 2. The van der Waals surface area contributed by atoms with Gasteiger partial charge in [-0.15, -0.1) is 6.58 Å². The Hall–Kier alpha value is -0.990. The van der Waals surface area contributed by atoms with E-state index >= 15 is 0 Å². The lowest BCUT2D eigenvalue weighted by Crippen LogP contribution is -2.35. The molecule has 3 heteroatoms. The van der Waals surface area contributed by atoms with Gasteiger partial charge in [-0.1, -0.05) is 6.08 Å². The maximum absolute atomic E-state index is 10.4. The molecule has 3 nitrogen and oxygen atoms in total. The van der Waals surface area contributed by atoms with Crippen molar-refractivity contribution in [2.45, 2.75) is 6.92 Å². The van der Waals surface area contributed by atoms with Crippen LogP contribution in [0.5, 0.6) is 0 Å². The number of ether oxygens (including phenoxy) is 2. The third kappa shape index (κ3) is 1.29. The minimum atomic E-state index is -0.584. The van der Waals surface area contributed by atoms with Gasteiger partial charge in [-0.25, -0.2) is 4.79 Å². The Morgan fingerprint density at radius 3 is 2.50 bits per heavy atom. The van der Waals surface area contributed by atoms with Crippen LogP contribution in [0.15, 0.2) is 12.7 Å². The Balaban J connectivity index is 2.53. The van der Waals surface area contributed by atoms with Gasteiger partial charge in [0.25, 0.3) is 0 Å². The first-order chi connectivity index (χ1) is 4.66. The van der Waals surface area contributed by atoms with Crippen molar-refractivity contribution in [1.82, 2.24) is 0 Å². The number of carbonyl (C=O) groups excluding carboxylic acids is 1. The fraction of sp³-hybridized carbons (Fsp3) is 0.571. The Morgan fingerprint density at radius 1 is 1.60 bits per heavy atom. The normalized spacial score (nSPS) is 22.7. The summed E-state index contributed by atoms with van der Waals surface area (Å²) in [4.78, 5) is 10.4. The average Bonchev–Trinajstić information content (AvgIpc) is 1.96. The van der Waals surface area contributed by atoms with E-state index < -0.39 is 6.16 Å². The highest BCUT2D eigenvalue weighted by molar-refractivity contribution is 5.60. The zero-order valence-electron chi connectivity index (χ0n) is 5.92. The summed E-state index contributed by atoms with van der Waals surface area (Å²) in [7, 11) is 0. The number of hydrogen-bond donors (Lipinski definition) is 0. The SMILES string of the molecule is C=CC1(C)COC(=O)OC1. The number of hydrogen-bond acceptors (Lipinski definition) is 3. The highest BCUT2D eigenvalue weighted by atomic mass is 16.7. The zero-order chi connectivity index (χ0) is 7.61. The van der Waals surface area contributed by atoms with Crippen LogP contribution in [-0.4, -0.2) is 19.4 Å². The van der Waals surface area contributed by atoms with Gasteiger partial charge in [0.15, 0.2) is 0 Å². The molecule has 0 atom stereocenters. The highest BCUT2D eigenvalue weighted by Gasteiger charge is 2.29. The first-order valence-electron chi connectivity index (χ1n) is 3.09. The molecule has 1 aliphatic rings. The van der Waals surface area contributed by atoms with Crippen LogP contribution >= 0.6 is 0 Å². The molecule has 0 saturated carbocycles. The number of rotatable bonds is 1.